The SMILES string of the molecule is C=CCOC(=O)N[C@@](C)(C(=O)OC(C)OC(=O)O[C@H]1C(C)(C)[C@H]2CC[C@]1(C)C2)[C@@H](C[C@@H]1C[C@@]1(F)C(=O)OCC=C)OCc1ccc(F)cc1. The summed E-state index contributed by atoms with van der Waals surface area (Å²) in [5.41, 5.74) is -4.40. The molecule has 0 saturated heterocycles. The molecule has 3 fully saturated rings. The summed E-state index contributed by atoms with van der Waals surface area (Å²) in [5.74, 6) is -3.24. The highest BCUT2D eigenvalue weighted by Crippen LogP contribution is 2.63. The minimum atomic E-state index is -2.36. The van der Waals surface area contributed by atoms with E-state index in [2.05, 4.69) is 39.2 Å². The van der Waals surface area contributed by atoms with Crippen molar-refractivity contribution in [2.45, 2.75) is 103 Å². The molecule has 0 radical (unpaired) electrons. The highest BCUT2D eigenvalue weighted by atomic mass is 19.1. The van der Waals surface area contributed by atoms with E-state index in [1.165, 1.54) is 50.3 Å². The molecule has 0 aromatic heterocycles. The number of carbonyl (C=O) groups excluding carboxylic acids is 4. The number of halogens is 2. The zero-order chi connectivity index (χ0) is 36.2. The summed E-state index contributed by atoms with van der Waals surface area (Å²) in [5, 5.41) is 2.46. The zero-order valence-electron chi connectivity index (χ0n) is 28.8. The Balaban J connectivity index is 1.53. The van der Waals surface area contributed by atoms with Crippen LogP contribution in [-0.4, -0.2) is 67.1 Å². The molecule has 0 heterocycles. The number of carbonyl (C=O) groups is 4. The predicted molar refractivity (Wildman–Crippen MR) is 172 cm³/mol. The van der Waals surface area contributed by atoms with Crippen molar-refractivity contribution in [1.82, 2.24) is 5.32 Å². The van der Waals surface area contributed by atoms with E-state index >= 15 is 4.39 Å². The lowest BCUT2D eigenvalue weighted by atomic mass is 9.70. The molecule has 1 N–H and O–H groups in total. The molecule has 8 atom stereocenters. The molecule has 270 valence electrons. The molecule has 2 bridgehead atoms. The van der Waals surface area contributed by atoms with Crippen molar-refractivity contribution >= 4 is 24.2 Å². The van der Waals surface area contributed by atoms with Gasteiger partial charge >= 0.3 is 24.2 Å². The summed E-state index contributed by atoms with van der Waals surface area (Å²) in [6.07, 6.45) is -0.265. The number of hydrogen-bond donors (Lipinski definition) is 1. The van der Waals surface area contributed by atoms with E-state index < -0.39 is 65.6 Å². The number of fused-ring (bicyclic) bond motifs is 2. The Morgan fingerprint density at radius 1 is 1.04 bits per heavy atom. The predicted octanol–water partition coefficient (Wildman–Crippen LogP) is 6.49. The van der Waals surface area contributed by atoms with E-state index in [0.29, 0.717) is 11.5 Å². The molecular weight excluding hydrogens is 644 g/mol. The molecule has 0 aliphatic heterocycles. The van der Waals surface area contributed by atoms with Crippen LogP contribution in [0.25, 0.3) is 0 Å². The van der Waals surface area contributed by atoms with Gasteiger partial charge in [-0.1, -0.05) is 58.2 Å². The Morgan fingerprint density at radius 3 is 2.31 bits per heavy atom. The summed E-state index contributed by atoms with van der Waals surface area (Å²) >= 11 is 0. The van der Waals surface area contributed by atoms with Crippen molar-refractivity contribution in [3.63, 3.8) is 0 Å². The standard InChI is InChI=1S/C36H47F2NO10/c1-8-16-44-30(41)36(38)20-25(36)18-27(46-21-23-10-12-26(37)13-11-23)35(7,39-31(42)45-17-9-2)29(40)47-22(3)48-32(43)49-28-33(4,5)24-14-15-34(28,6)19-24/h8-13,22,24-25,27-28H,1-2,14-21H2,3-7H3,(H,39,42)/t22?,24-,25+,27+,28-,34+,35+,36-/m0/s1. The fourth-order valence-corrected chi connectivity index (χ4v) is 7.33. The Labute approximate surface area is 285 Å². The van der Waals surface area contributed by atoms with Crippen molar-refractivity contribution in [2.24, 2.45) is 22.7 Å². The van der Waals surface area contributed by atoms with Gasteiger partial charge in [0, 0.05) is 23.7 Å². The number of esters is 2. The molecule has 0 spiro atoms. The second-order valence-corrected chi connectivity index (χ2v) is 14.3. The topological polar surface area (TPSA) is 136 Å². The van der Waals surface area contributed by atoms with E-state index in [0.717, 1.165) is 19.3 Å². The largest absolute Gasteiger partial charge is 0.511 e. The van der Waals surface area contributed by atoms with E-state index in [9.17, 15) is 23.6 Å². The van der Waals surface area contributed by atoms with Crippen LogP contribution in [0, 0.1) is 28.5 Å². The second-order valence-electron chi connectivity index (χ2n) is 14.3. The van der Waals surface area contributed by atoms with Crippen LogP contribution in [0.2, 0.25) is 0 Å². The third kappa shape index (κ3) is 8.42. The molecule has 1 aromatic carbocycles. The normalized spacial score (nSPS) is 28.6. The van der Waals surface area contributed by atoms with Gasteiger partial charge in [-0.15, -0.1) is 0 Å². The van der Waals surface area contributed by atoms with Gasteiger partial charge < -0.3 is 33.7 Å². The van der Waals surface area contributed by atoms with Crippen LogP contribution < -0.4 is 5.32 Å². The van der Waals surface area contributed by atoms with Crippen molar-refractivity contribution in [3.05, 3.63) is 61.0 Å². The van der Waals surface area contributed by atoms with Crippen molar-refractivity contribution in [1.29, 1.82) is 0 Å². The first-order valence-electron chi connectivity index (χ1n) is 16.5. The van der Waals surface area contributed by atoms with Crippen LogP contribution in [0.15, 0.2) is 49.6 Å². The fraction of sp³-hybridized carbons (Fsp3) is 0.611. The van der Waals surface area contributed by atoms with Crippen molar-refractivity contribution < 1.29 is 56.4 Å². The van der Waals surface area contributed by atoms with Crippen LogP contribution in [0.4, 0.5) is 18.4 Å². The summed E-state index contributed by atoms with van der Waals surface area (Å²) in [4.78, 5) is 52.2. The molecule has 3 saturated carbocycles. The van der Waals surface area contributed by atoms with Crippen molar-refractivity contribution in [3.8, 4) is 0 Å². The molecule has 1 unspecified atom stereocenters. The minimum absolute atomic E-state index is 0.191. The number of amides is 1. The number of hydrogen-bond acceptors (Lipinski definition) is 10. The van der Waals surface area contributed by atoms with E-state index in [1.54, 1.807) is 0 Å². The molecule has 49 heavy (non-hydrogen) atoms. The quantitative estimate of drug-likeness (QED) is 0.0887. The van der Waals surface area contributed by atoms with Gasteiger partial charge in [-0.05, 0) is 62.6 Å². The highest BCUT2D eigenvalue weighted by molar-refractivity contribution is 5.87. The summed E-state index contributed by atoms with van der Waals surface area (Å²) in [7, 11) is 0. The Morgan fingerprint density at radius 2 is 1.69 bits per heavy atom. The van der Waals surface area contributed by atoms with Gasteiger partial charge in [0.15, 0.2) is 5.54 Å². The van der Waals surface area contributed by atoms with E-state index in [4.69, 9.17) is 28.4 Å². The molecular formula is C36H47F2NO10. The van der Waals surface area contributed by atoms with Gasteiger partial charge in [0.25, 0.3) is 0 Å². The first-order chi connectivity index (χ1) is 23.0. The molecule has 3 aliphatic rings. The van der Waals surface area contributed by atoms with Gasteiger partial charge in [-0.2, -0.15) is 0 Å². The third-order valence-corrected chi connectivity index (χ3v) is 10.2. The monoisotopic (exact) mass is 691 g/mol. The number of alkyl halides is 1. The molecule has 3 aliphatic carbocycles. The number of benzene rings is 1. The summed E-state index contributed by atoms with van der Waals surface area (Å²) < 4.78 is 61.9. The van der Waals surface area contributed by atoms with Gasteiger partial charge in [0.05, 0.1) is 12.7 Å². The van der Waals surface area contributed by atoms with E-state index in [-0.39, 0.29) is 43.5 Å². The first kappa shape index (κ1) is 37.8. The van der Waals surface area contributed by atoms with Gasteiger partial charge in [-0.3, -0.25) is 0 Å². The third-order valence-electron chi connectivity index (χ3n) is 10.2. The summed E-state index contributed by atoms with van der Waals surface area (Å²) in [6.45, 7) is 15.2. The highest BCUT2D eigenvalue weighted by Gasteiger charge is 2.65. The maximum absolute atomic E-state index is 15.6. The minimum Gasteiger partial charge on any atom is -0.459 e. The Hall–Kier alpha value is -4.00. The summed E-state index contributed by atoms with van der Waals surface area (Å²) in [6, 6.07) is 5.34. The van der Waals surface area contributed by atoms with Crippen LogP contribution in [0.3, 0.4) is 0 Å². The van der Waals surface area contributed by atoms with Gasteiger partial charge in [0.2, 0.25) is 12.0 Å². The maximum atomic E-state index is 15.6. The molecule has 1 aromatic rings. The average Bonchev–Trinajstić information content (AvgIpc) is 3.45. The Kier molecular flexibility index (Phi) is 11.5. The molecule has 1 amide bonds. The van der Waals surface area contributed by atoms with Crippen LogP contribution in [0.5, 0.6) is 0 Å². The van der Waals surface area contributed by atoms with E-state index in [1.807, 2.05) is 0 Å². The zero-order valence-corrected chi connectivity index (χ0v) is 28.8. The average molecular weight is 692 g/mol. The van der Waals surface area contributed by atoms with Gasteiger partial charge in [-0.25, -0.2) is 28.0 Å². The number of nitrogens with one attached hydrogen (secondary N) is 1. The van der Waals surface area contributed by atoms with Crippen LogP contribution in [-0.2, 0) is 44.6 Å². The van der Waals surface area contributed by atoms with Crippen LogP contribution >= 0.6 is 0 Å². The number of alkyl carbamates (subject to hydrolysis) is 1. The lowest BCUT2D eigenvalue weighted by Gasteiger charge is -2.41. The van der Waals surface area contributed by atoms with Gasteiger partial charge in [0.1, 0.15) is 25.1 Å². The molecule has 11 nitrogen and oxygen atoms in total. The maximum Gasteiger partial charge on any atom is 0.511 e. The number of ether oxygens (including phenoxy) is 6. The Bertz CT molecular complexity index is 1410. The lowest BCUT2D eigenvalue weighted by molar-refractivity contribution is -0.185. The fourth-order valence-electron chi connectivity index (χ4n) is 7.33. The lowest BCUT2D eigenvalue weighted by Crippen LogP contribution is -2.62. The first-order valence-corrected chi connectivity index (χ1v) is 16.5. The second kappa shape index (κ2) is 14.9. The van der Waals surface area contributed by atoms with Crippen LogP contribution in [0.1, 0.15) is 72.3 Å². The smallest absolute Gasteiger partial charge is 0.459 e. The van der Waals surface area contributed by atoms with Crippen molar-refractivity contribution in [2.75, 3.05) is 13.2 Å². The molecule has 13 heteroatoms. The number of rotatable bonds is 16. The molecule has 4 rings (SSSR count).